The van der Waals surface area contributed by atoms with Gasteiger partial charge in [0.15, 0.2) is 0 Å². The average Bonchev–Trinajstić information content (AvgIpc) is 2.55. The van der Waals surface area contributed by atoms with Gasteiger partial charge in [0.05, 0.1) is 12.6 Å². The van der Waals surface area contributed by atoms with Crippen LogP contribution in [0, 0.1) is 0 Å². The Morgan fingerprint density at radius 3 is 2.60 bits per heavy atom. The van der Waals surface area contributed by atoms with Crippen LogP contribution in [0.2, 0.25) is 10.0 Å². The maximum absolute atomic E-state index is 12.4. The fraction of sp³-hybridized carbons (Fsp3) is 0.222. The maximum atomic E-state index is 12.4. The zero-order chi connectivity index (χ0) is 18.4. The van der Waals surface area contributed by atoms with E-state index >= 15 is 0 Å². The molecule has 0 saturated heterocycles. The molecule has 0 unspecified atom stereocenters. The summed E-state index contributed by atoms with van der Waals surface area (Å²) in [6.07, 6.45) is -0.568. The average molecular weight is 381 g/mol. The summed E-state index contributed by atoms with van der Waals surface area (Å²) >= 11 is 12.1. The molecule has 0 fully saturated rings. The Hall–Kier alpha value is -2.24. The zero-order valence-electron chi connectivity index (χ0n) is 13.8. The lowest BCUT2D eigenvalue weighted by Crippen LogP contribution is -2.27. The van der Waals surface area contributed by atoms with Crippen molar-refractivity contribution in [2.45, 2.75) is 19.9 Å². The third-order valence-corrected chi connectivity index (χ3v) is 3.99. The molecule has 7 heteroatoms. The number of halogens is 2. The predicted molar refractivity (Wildman–Crippen MR) is 99.4 cm³/mol. The van der Waals surface area contributed by atoms with Gasteiger partial charge >= 0.3 is 6.09 Å². The van der Waals surface area contributed by atoms with Crippen LogP contribution >= 0.6 is 23.2 Å². The minimum absolute atomic E-state index is 0.269. The molecule has 2 N–H and O–H groups in total. The van der Waals surface area contributed by atoms with E-state index in [-0.39, 0.29) is 18.6 Å². The summed E-state index contributed by atoms with van der Waals surface area (Å²) in [4.78, 5) is 23.9. The van der Waals surface area contributed by atoms with Gasteiger partial charge in [-0.3, -0.25) is 10.1 Å². The summed E-state index contributed by atoms with van der Waals surface area (Å²) in [6, 6.07) is 11.4. The molecular formula is C18H18Cl2N2O3. The van der Waals surface area contributed by atoms with E-state index in [9.17, 15) is 9.59 Å². The van der Waals surface area contributed by atoms with Crippen molar-refractivity contribution in [3.05, 3.63) is 63.6 Å². The Balaban J connectivity index is 2.08. The van der Waals surface area contributed by atoms with Crippen molar-refractivity contribution in [2.24, 2.45) is 0 Å². The lowest BCUT2D eigenvalue weighted by molar-refractivity contribution is 0.0940. The van der Waals surface area contributed by atoms with Crippen molar-refractivity contribution in [1.29, 1.82) is 0 Å². The third-order valence-electron chi connectivity index (χ3n) is 3.42. The molecule has 0 aliphatic carbocycles. The smallest absolute Gasteiger partial charge is 0.411 e. The third kappa shape index (κ3) is 5.37. The van der Waals surface area contributed by atoms with E-state index in [0.29, 0.717) is 21.3 Å². The number of hydrogen-bond donors (Lipinski definition) is 2. The fourth-order valence-electron chi connectivity index (χ4n) is 2.23. The van der Waals surface area contributed by atoms with Crippen molar-refractivity contribution in [1.82, 2.24) is 5.32 Å². The van der Waals surface area contributed by atoms with Crippen molar-refractivity contribution >= 4 is 40.9 Å². The Labute approximate surface area is 156 Å². The second-order valence-electron chi connectivity index (χ2n) is 5.29. The number of amides is 2. The highest BCUT2D eigenvalue weighted by atomic mass is 35.5. The summed E-state index contributed by atoms with van der Waals surface area (Å²) < 4.78 is 4.82. The molecule has 2 aromatic carbocycles. The van der Waals surface area contributed by atoms with Crippen LogP contribution in [-0.4, -0.2) is 18.6 Å². The summed E-state index contributed by atoms with van der Waals surface area (Å²) in [5, 5.41) is 6.45. The number of benzene rings is 2. The van der Waals surface area contributed by atoms with E-state index in [1.165, 1.54) is 0 Å². The molecule has 0 heterocycles. The molecule has 0 bridgehead atoms. The largest absolute Gasteiger partial charge is 0.450 e. The molecule has 0 aliphatic heterocycles. The minimum atomic E-state index is -0.568. The molecular weight excluding hydrogens is 363 g/mol. The van der Waals surface area contributed by atoms with Crippen molar-refractivity contribution in [3.63, 3.8) is 0 Å². The predicted octanol–water partition coefficient (Wildman–Crippen LogP) is 5.05. The highest BCUT2D eigenvalue weighted by Gasteiger charge is 2.15. The quantitative estimate of drug-likeness (QED) is 0.761. The number of anilines is 1. The molecule has 0 aliphatic rings. The summed E-state index contributed by atoms with van der Waals surface area (Å²) in [7, 11) is 0. The molecule has 0 saturated carbocycles. The van der Waals surface area contributed by atoms with Gasteiger partial charge in [0, 0.05) is 21.3 Å². The molecule has 2 amide bonds. The number of hydrogen-bond acceptors (Lipinski definition) is 3. The van der Waals surface area contributed by atoms with Crippen LogP contribution in [0.1, 0.15) is 35.8 Å². The van der Waals surface area contributed by atoms with Crippen LogP contribution in [0.5, 0.6) is 0 Å². The number of rotatable bonds is 5. The van der Waals surface area contributed by atoms with E-state index in [1.807, 2.05) is 6.92 Å². The van der Waals surface area contributed by atoms with E-state index in [1.54, 1.807) is 49.4 Å². The topological polar surface area (TPSA) is 67.4 Å². The van der Waals surface area contributed by atoms with Crippen LogP contribution in [0.3, 0.4) is 0 Å². The Morgan fingerprint density at radius 2 is 1.92 bits per heavy atom. The SMILES string of the molecule is CCOC(=O)Nc1cccc(C(=O)N[C@@H](C)c2ccc(Cl)cc2Cl)c1. The van der Waals surface area contributed by atoms with Crippen LogP contribution in [-0.2, 0) is 4.74 Å². The molecule has 1 atom stereocenters. The van der Waals surface area contributed by atoms with Crippen LogP contribution in [0.15, 0.2) is 42.5 Å². The normalized spacial score (nSPS) is 11.5. The van der Waals surface area contributed by atoms with Gasteiger partial charge in [-0.25, -0.2) is 4.79 Å². The maximum Gasteiger partial charge on any atom is 0.411 e. The first-order valence-corrected chi connectivity index (χ1v) is 8.46. The van der Waals surface area contributed by atoms with Crippen LogP contribution in [0.25, 0.3) is 0 Å². The number of nitrogens with one attached hydrogen (secondary N) is 2. The lowest BCUT2D eigenvalue weighted by atomic mass is 10.1. The zero-order valence-corrected chi connectivity index (χ0v) is 15.3. The first-order valence-electron chi connectivity index (χ1n) is 7.70. The molecule has 5 nitrogen and oxygen atoms in total. The van der Waals surface area contributed by atoms with E-state index in [2.05, 4.69) is 10.6 Å². The highest BCUT2D eigenvalue weighted by Crippen LogP contribution is 2.26. The van der Waals surface area contributed by atoms with Crippen molar-refractivity contribution < 1.29 is 14.3 Å². The monoisotopic (exact) mass is 380 g/mol. The van der Waals surface area contributed by atoms with Gasteiger partial charge in [0.25, 0.3) is 5.91 Å². The van der Waals surface area contributed by atoms with Gasteiger partial charge in [-0.1, -0.05) is 35.3 Å². The van der Waals surface area contributed by atoms with E-state index in [0.717, 1.165) is 5.56 Å². The first-order chi connectivity index (χ1) is 11.9. The van der Waals surface area contributed by atoms with Gasteiger partial charge in [-0.2, -0.15) is 0 Å². The van der Waals surface area contributed by atoms with Crippen LogP contribution < -0.4 is 10.6 Å². The molecule has 0 radical (unpaired) electrons. The second kappa shape index (κ2) is 8.74. The standard InChI is InChI=1S/C18H18Cl2N2O3/c1-3-25-18(24)22-14-6-4-5-12(9-14)17(23)21-11(2)15-8-7-13(19)10-16(15)20/h4-11H,3H2,1-2H3,(H,21,23)(H,22,24)/t11-/m0/s1. The first kappa shape index (κ1) is 19.1. The molecule has 0 spiro atoms. The molecule has 0 aromatic heterocycles. The van der Waals surface area contributed by atoms with E-state index < -0.39 is 6.09 Å². The van der Waals surface area contributed by atoms with Gasteiger partial charge in [-0.05, 0) is 49.7 Å². The minimum Gasteiger partial charge on any atom is -0.450 e. The van der Waals surface area contributed by atoms with Gasteiger partial charge in [0.1, 0.15) is 0 Å². The van der Waals surface area contributed by atoms with Crippen molar-refractivity contribution in [2.75, 3.05) is 11.9 Å². The summed E-state index contributed by atoms with van der Waals surface area (Å²) in [5.41, 5.74) is 1.65. The van der Waals surface area contributed by atoms with Gasteiger partial charge < -0.3 is 10.1 Å². The lowest BCUT2D eigenvalue weighted by Gasteiger charge is -2.16. The summed E-state index contributed by atoms with van der Waals surface area (Å²) in [6.45, 7) is 3.81. The number of carbonyl (C=O) groups is 2. The van der Waals surface area contributed by atoms with Gasteiger partial charge in [0.2, 0.25) is 0 Å². The Morgan fingerprint density at radius 1 is 1.16 bits per heavy atom. The second-order valence-corrected chi connectivity index (χ2v) is 6.13. The fourth-order valence-corrected chi connectivity index (χ4v) is 2.81. The summed E-state index contributed by atoms with van der Waals surface area (Å²) in [5.74, 6) is -0.286. The number of ether oxygens (including phenoxy) is 1. The van der Waals surface area contributed by atoms with Crippen LogP contribution in [0.4, 0.5) is 10.5 Å². The molecule has 2 rings (SSSR count). The van der Waals surface area contributed by atoms with E-state index in [4.69, 9.17) is 27.9 Å². The van der Waals surface area contributed by atoms with Crippen molar-refractivity contribution in [3.8, 4) is 0 Å². The Bertz CT molecular complexity index is 781. The highest BCUT2D eigenvalue weighted by molar-refractivity contribution is 6.35. The molecule has 132 valence electrons. The number of carbonyl (C=O) groups excluding carboxylic acids is 2. The Kier molecular flexibility index (Phi) is 6.67. The molecule has 25 heavy (non-hydrogen) atoms. The molecule has 2 aromatic rings. The van der Waals surface area contributed by atoms with Gasteiger partial charge in [-0.15, -0.1) is 0 Å².